The number of carbonyl (C=O) groups excluding carboxylic acids is 1. The van der Waals surface area contributed by atoms with Crippen LogP contribution < -0.4 is 0 Å². The quantitative estimate of drug-likeness (QED) is 0.686. The molecule has 1 heterocycles. The molecule has 2 rings (SSSR count). The first-order chi connectivity index (χ1) is 8.15. The molecule has 2 unspecified atom stereocenters. The van der Waals surface area contributed by atoms with E-state index in [2.05, 4.69) is 11.1 Å². The molecule has 17 heavy (non-hydrogen) atoms. The monoisotopic (exact) mass is 236 g/mol. The Bertz CT molecular complexity index is 386. The fourth-order valence-electron chi connectivity index (χ4n) is 2.38. The van der Waals surface area contributed by atoms with E-state index in [0.717, 1.165) is 12.1 Å². The van der Waals surface area contributed by atoms with Crippen LogP contribution in [0.3, 0.4) is 0 Å². The van der Waals surface area contributed by atoms with Gasteiger partial charge in [0.15, 0.2) is 0 Å². The molecule has 1 saturated heterocycles. The van der Waals surface area contributed by atoms with Crippen LogP contribution in [-0.2, 0) is 9.47 Å². The number of nitriles is 1. The topological polar surface area (TPSA) is 75.0 Å². The summed E-state index contributed by atoms with van der Waals surface area (Å²) in [4.78, 5) is 15.3. The molecule has 92 valence electrons. The minimum absolute atomic E-state index is 0.0513. The molecule has 2 fully saturated rings. The zero-order valence-electron chi connectivity index (χ0n) is 10.0. The predicted octanol–water partition coefficient (Wildman–Crippen LogP) is 1.92. The number of epoxide rings is 1. The van der Waals surface area contributed by atoms with Crippen molar-refractivity contribution in [3.63, 3.8) is 0 Å². The highest BCUT2D eigenvalue weighted by Crippen LogP contribution is 2.40. The van der Waals surface area contributed by atoms with Crippen LogP contribution in [0.4, 0.5) is 4.79 Å². The Morgan fingerprint density at radius 1 is 1.71 bits per heavy atom. The first-order valence-corrected chi connectivity index (χ1v) is 5.95. The second-order valence-corrected chi connectivity index (χ2v) is 4.48. The van der Waals surface area contributed by atoms with Crippen LogP contribution >= 0.6 is 0 Å². The average Bonchev–Trinajstić information content (AvgIpc) is 2.87. The van der Waals surface area contributed by atoms with Gasteiger partial charge < -0.3 is 9.47 Å². The van der Waals surface area contributed by atoms with Crippen molar-refractivity contribution in [2.45, 2.75) is 38.9 Å². The number of amides is 1. The lowest BCUT2D eigenvalue weighted by Crippen LogP contribution is -2.17. The van der Waals surface area contributed by atoms with Gasteiger partial charge in [-0.05, 0) is 20.3 Å². The van der Waals surface area contributed by atoms with Crippen LogP contribution in [0.2, 0.25) is 0 Å². The highest BCUT2D eigenvalue weighted by Gasteiger charge is 2.47. The molecule has 1 aliphatic heterocycles. The van der Waals surface area contributed by atoms with Crippen LogP contribution in [0, 0.1) is 23.2 Å². The zero-order valence-corrected chi connectivity index (χ0v) is 10.0. The SMILES string of the molecule is CCOC(=O)/N=C1\CC(C#N)CC1[C@H]1O[C@H]1C. The van der Waals surface area contributed by atoms with Gasteiger partial charge in [0.25, 0.3) is 0 Å². The van der Waals surface area contributed by atoms with E-state index in [-0.39, 0.29) is 24.0 Å². The molecule has 1 saturated carbocycles. The maximum atomic E-state index is 11.3. The highest BCUT2D eigenvalue weighted by molar-refractivity contribution is 5.97. The van der Waals surface area contributed by atoms with Crippen LogP contribution in [0.15, 0.2) is 4.99 Å². The van der Waals surface area contributed by atoms with Crippen molar-refractivity contribution in [2.24, 2.45) is 16.8 Å². The van der Waals surface area contributed by atoms with Crippen molar-refractivity contribution in [1.29, 1.82) is 5.26 Å². The van der Waals surface area contributed by atoms with E-state index in [1.54, 1.807) is 6.92 Å². The average molecular weight is 236 g/mol. The number of hydrogen-bond donors (Lipinski definition) is 0. The molecule has 0 radical (unpaired) electrons. The number of rotatable bonds is 2. The molecule has 0 aromatic carbocycles. The minimum atomic E-state index is -0.556. The molecule has 1 aliphatic carbocycles. The first-order valence-electron chi connectivity index (χ1n) is 5.95. The van der Waals surface area contributed by atoms with E-state index < -0.39 is 6.09 Å². The van der Waals surface area contributed by atoms with Gasteiger partial charge in [0.1, 0.15) is 0 Å². The second kappa shape index (κ2) is 4.84. The third-order valence-electron chi connectivity index (χ3n) is 3.26. The Labute approximate surface area is 100 Å². The summed E-state index contributed by atoms with van der Waals surface area (Å²) in [5.41, 5.74) is 0.768. The standard InChI is InChI=1S/C12H16N2O3/c1-3-16-12(15)14-10-5-8(6-13)4-9(10)11-7(2)17-11/h7-9,11H,3-5H2,1-2H3/b14-10+/t7-,8?,9?,11-/m0/s1. The fourth-order valence-corrected chi connectivity index (χ4v) is 2.38. The van der Waals surface area contributed by atoms with Gasteiger partial charge in [-0.3, -0.25) is 0 Å². The predicted molar refractivity (Wildman–Crippen MR) is 60.6 cm³/mol. The molecular formula is C12H16N2O3. The van der Waals surface area contributed by atoms with Gasteiger partial charge in [-0.2, -0.15) is 10.3 Å². The third-order valence-corrected chi connectivity index (χ3v) is 3.26. The van der Waals surface area contributed by atoms with Crippen molar-refractivity contribution >= 4 is 11.8 Å². The fraction of sp³-hybridized carbons (Fsp3) is 0.750. The van der Waals surface area contributed by atoms with Crippen molar-refractivity contribution in [2.75, 3.05) is 6.61 Å². The highest BCUT2D eigenvalue weighted by atomic mass is 16.6. The summed E-state index contributed by atoms with van der Waals surface area (Å²) in [5.74, 6) is 0.0589. The van der Waals surface area contributed by atoms with Crippen molar-refractivity contribution in [3.05, 3.63) is 0 Å². The lowest BCUT2D eigenvalue weighted by Gasteiger charge is -2.06. The van der Waals surface area contributed by atoms with Gasteiger partial charge in [0.05, 0.1) is 30.8 Å². The van der Waals surface area contributed by atoms with E-state index >= 15 is 0 Å². The Kier molecular flexibility index (Phi) is 3.43. The maximum absolute atomic E-state index is 11.3. The number of hydrogen-bond acceptors (Lipinski definition) is 4. The Hall–Kier alpha value is -1.41. The molecule has 0 N–H and O–H groups in total. The smallest absolute Gasteiger partial charge is 0.433 e. The van der Waals surface area contributed by atoms with Crippen LogP contribution in [-0.4, -0.2) is 30.6 Å². The second-order valence-electron chi connectivity index (χ2n) is 4.48. The molecule has 0 aromatic rings. The summed E-state index contributed by atoms with van der Waals surface area (Å²) in [6.45, 7) is 4.05. The lowest BCUT2D eigenvalue weighted by atomic mass is 9.99. The van der Waals surface area contributed by atoms with Crippen LogP contribution in [0.1, 0.15) is 26.7 Å². The molecule has 5 nitrogen and oxygen atoms in total. The summed E-state index contributed by atoms with van der Waals surface area (Å²) in [6.07, 6.45) is 1.08. The van der Waals surface area contributed by atoms with Gasteiger partial charge in [0.2, 0.25) is 0 Å². The summed E-state index contributed by atoms with van der Waals surface area (Å²) in [6, 6.07) is 2.24. The van der Waals surface area contributed by atoms with Crippen molar-refractivity contribution in [1.82, 2.24) is 0 Å². The molecule has 4 atom stereocenters. The lowest BCUT2D eigenvalue weighted by molar-refractivity contribution is 0.163. The molecule has 2 aliphatic rings. The van der Waals surface area contributed by atoms with Gasteiger partial charge in [-0.25, -0.2) is 4.79 Å². The van der Waals surface area contributed by atoms with Crippen molar-refractivity contribution in [3.8, 4) is 6.07 Å². The molecule has 0 spiro atoms. The van der Waals surface area contributed by atoms with E-state index in [0.29, 0.717) is 13.0 Å². The summed E-state index contributed by atoms with van der Waals surface area (Å²) < 4.78 is 10.2. The minimum Gasteiger partial charge on any atom is -0.448 e. The summed E-state index contributed by atoms with van der Waals surface area (Å²) in [5, 5.41) is 8.95. The third kappa shape index (κ3) is 2.64. The number of nitrogens with zero attached hydrogens (tertiary/aromatic N) is 2. The normalized spacial score (nSPS) is 37.8. The number of ether oxygens (including phenoxy) is 2. The van der Waals surface area contributed by atoms with Gasteiger partial charge in [-0.15, -0.1) is 0 Å². The maximum Gasteiger partial charge on any atom is 0.433 e. The van der Waals surface area contributed by atoms with E-state index in [9.17, 15) is 4.79 Å². The van der Waals surface area contributed by atoms with Gasteiger partial charge >= 0.3 is 6.09 Å². The Balaban J connectivity index is 2.08. The van der Waals surface area contributed by atoms with Crippen LogP contribution in [0.25, 0.3) is 0 Å². The summed E-state index contributed by atoms with van der Waals surface area (Å²) in [7, 11) is 0. The molecule has 0 aromatic heterocycles. The van der Waals surface area contributed by atoms with Gasteiger partial charge in [-0.1, -0.05) is 0 Å². The molecule has 5 heteroatoms. The number of aliphatic imine (C=N–C) groups is 1. The number of carbonyl (C=O) groups is 1. The van der Waals surface area contributed by atoms with Crippen LogP contribution in [0.5, 0.6) is 0 Å². The summed E-state index contributed by atoms with van der Waals surface area (Å²) >= 11 is 0. The van der Waals surface area contributed by atoms with Crippen molar-refractivity contribution < 1.29 is 14.3 Å². The zero-order chi connectivity index (χ0) is 12.4. The van der Waals surface area contributed by atoms with Gasteiger partial charge in [0, 0.05) is 18.1 Å². The first kappa shape index (κ1) is 12.1. The van der Waals surface area contributed by atoms with E-state index in [4.69, 9.17) is 14.7 Å². The molecule has 0 bridgehead atoms. The molecule has 1 amide bonds. The van der Waals surface area contributed by atoms with E-state index in [1.165, 1.54) is 0 Å². The largest absolute Gasteiger partial charge is 0.448 e. The Morgan fingerprint density at radius 3 is 2.94 bits per heavy atom. The molecular weight excluding hydrogens is 220 g/mol. The van der Waals surface area contributed by atoms with E-state index in [1.807, 2.05) is 6.92 Å². The Morgan fingerprint density at radius 2 is 2.41 bits per heavy atom.